The molecule has 33 heavy (non-hydrogen) atoms. The van der Waals surface area contributed by atoms with Crippen molar-refractivity contribution in [2.24, 2.45) is 45.3 Å². The molecular weight excluding hydrogens is 408 g/mol. The second kappa shape index (κ2) is 8.20. The van der Waals surface area contributed by atoms with Gasteiger partial charge in [0.2, 0.25) is 0 Å². The third-order valence-corrected chi connectivity index (χ3v) is 11.8. The van der Waals surface area contributed by atoms with Gasteiger partial charge < -0.3 is 15.3 Å². The standard InChI is InChI=1S/C30H50O3/c1-18(2)10-9-11-19(3)20-12-15-29(7)25(20)21(31)16-23-28(6)14-13-24(33)27(4,5)26(28)22(32)17-30(23,29)8/h10,20-26,31-33H,3,9,11-17H2,1-2,4-8H3. The maximum atomic E-state index is 11.7. The molecule has 0 bridgehead atoms. The predicted octanol–water partition coefficient (Wildman–Crippen LogP) is 6.28. The Bertz CT molecular complexity index is 809. The first-order chi connectivity index (χ1) is 15.2. The molecule has 0 aromatic carbocycles. The minimum atomic E-state index is -0.408. The van der Waals surface area contributed by atoms with Gasteiger partial charge >= 0.3 is 0 Å². The van der Waals surface area contributed by atoms with Gasteiger partial charge in [-0.15, -0.1) is 0 Å². The SMILES string of the molecule is C=C(CCC=C(C)C)C1CCC2(C)C1C(O)CC1C3(C)CCC(O)C(C)(C)C3C(O)CC12C. The van der Waals surface area contributed by atoms with Crippen LogP contribution in [0.25, 0.3) is 0 Å². The lowest BCUT2D eigenvalue weighted by atomic mass is 9.34. The highest BCUT2D eigenvalue weighted by molar-refractivity contribution is 5.23. The molecule has 0 saturated heterocycles. The van der Waals surface area contributed by atoms with E-state index >= 15 is 0 Å². The van der Waals surface area contributed by atoms with Crippen molar-refractivity contribution in [2.45, 2.75) is 118 Å². The third-order valence-electron chi connectivity index (χ3n) is 11.8. The molecule has 4 rings (SSSR count). The highest BCUT2D eigenvalue weighted by atomic mass is 16.3. The molecule has 0 amide bonds. The molecule has 188 valence electrons. The Kier molecular flexibility index (Phi) is 6.33. The van der Waals surface area contributed by atoms with Crippen LogP contribution >= 0.6 is 0 Å². The monoisotopic (exact) mass is 458 g/mol. The van der Waals surface area contributed by atoms with E-state index in [0.717, 1.165) is 51.4 Å². The molecule has 0 radical (unpaired) electrons. The fourth-order valence-corrected chi connectivity index (χ4v) is 10.1. The molecule has 4 saturated carbocycles. The summed E-state index contributed by atoms with van der Waals surface area (Å²) in [5, 5.41) is 34.2. The van der Waals surface area contributed by atoms with Crippen LogP contribution in [-0.2, 0) is 0 Å². The normalized spacial score (nSPS) is 50.7. The highest BCUT2D eigenvalue weighted by Gasteiger charge is 2.72. The quantitative estimate of drug-likeness (QED) is 0.435. The Morgan fingerprint density at radius 2 is 1.61 bits per heavy atom. The summed E-state index contributed by atoms with van der Waals surface area (Å²) in [5.41, 5.74) is 2.26. The van der Waals surface area contributed by atoms with E-state index in [1.54, 1.807) is 0 Å². The van der Waals surface area contributed by atoms with E-state index < -0.39 is 6.10 Å². The van der Waals surface area contributed by atoms with Crippen LogP contribution in [0.1, 0.15) is 99.8 Å². The Morgan fingerprint density at radius 3 is 2.24 bits per heavy atom. The Morgan fingerprint density at radius 1 is 0.939 bits per heavy atom. The van der Waals surface area contributed by atoms with E-state index in [4.69, 9.17) is 0 Å². The average molecular weight is 459 g/mol. The van der Waals surface area contributed by atoms with E-state index in [1.807, 2.05) is 0 Å². The minimum absolute atomic E-state index is 0.00534. The van der Waals surface area contributed by atoms with Crippen molar-refractivity contribution in [2.75, 3.05) is 0 Å². The largest absolute Gasteiger partial charge is 0.393 e. The first kappa shape index (κ1) is 25.5. The molecular formula is C30H50O3. The fourth-order valence-electron chi connectivity index (χ4n) is 10.1. The summed E-state index contributed by atoms with van der Waals surface area (Å²) in [4.78, 5) is 0. The number of aliphatic hydroxyl groups excluding tert-OH is 3. The molecule has 0 aromatic rings. The lowest BCUT2D eigenvalue weighted by Gasteiger charge is -2.71. The summed E-state index contributed by atoms with van der Waals surface area (Å²) < 4.78 is 0. The highest BCUT2D eigenvalue weighted by Crippen LogP contribution is 2.75. The van der Waals surface area contributed by atoms with E-state index in [9.17, 15) is 15.3 Å². The zero-order valence-corrected chi connectivity index (χ0v) is 22.3. The predicted molar refractivity (Wildman–Crippen MR) is 136 cm³/mol. The van der Waals surface area contributed by atoms with Crippen molar-refractivity contribution in [1.29, 1.82) is 0 Å². The van der Waals surface area contributed by atoms with Crippen molar-refractivity contribution >= 4 is 0 Å². The summed E-state index contributed by atoms with van der Waals surface area (Å²) in [6, 6.07) is 0. The molecule has 4 aliphatic carbocycles. The lowest BCUT2D eigenvalue weighted by Crippen LogP contribution is -2.69. The van der Waals surface area contributed by atoms with Gasteiger partial charge in [-0.05, 0) is 111 Å². The molecule has 10 unspecified atom stereocenters. The molecule has 3 heteroatoms. The summed E-state index contributed by atoms with van der Waals surface area (Å²) in [7, 11) is 0. The van der Waals surface area contributed by atoms with Crippen LogP contribution in [-0.4, -0.2) is 33.6 Å². The van der Waals surface area contributed by atoms with Gasteiger partial charge in [0, 0.05) is 0 Å². The van der Waals surface area contributed by atoms with Crippen LogP contribution in [0.4, 0.5) is 0 Å². The van der Waals surface area contributed by atoms with Gasteiger partial charge in [-0.1, -0.05) is 58.4 Å². The van der Waals surface area contributed by atoms with Gasteiger partial charge in [0.1, 0.15) is 0 Å². The number of rotatable bonds is 4. The second-order valence-corrected chi connectivity index (χ2v) is 14.0. The minimum Gasteiger partial charge on any atom is -0.393 e. The van der Waals surface area contributed by atoms with Crippen LogP contribution in [0.3, 0.4) is 0 Å². The molecule has 0 aliphatic heterocycles. The van der Waals surface area contributed by atoms with E-state index in [-0.39, 0.29) is 45.7 Å². The maximum absolute atomic E-state index is 11.7. The van der Waals surface area contributed by atoms with Crippen molar-refractivity contribution in [3.63, 3.8) is 0 Å². The maximum Gasteiger partial charge on any atom is 0.0595 e. The summed E-state index contributed by atoms with van der Waals surface area (Å²) in [5.74, 6) is 1.03. The zero-order valence-electron chi connectivity index (χ0n) is 22.3. The summed E-state index contributed by atoms with van der Waals surface area (Å²) in [6.07, 6.45) is 8.78. The molecule has 0 spiro atoms. The smallest absolute Gasteiger partial charge is 0.0595 e. The van der Waals surface area contributed by atoms with Gasteiger partial charge in [0.25, 0.3) is 0 Å². The van der Waals surface area contributed by atoms with Gasteiger partial charge in [-0.2, -0.15) is 0 Å². The van der Waals surface area contributed by atoms with Crippen LogP contribution in [0.2, 0.25) is 0 Å². The number of allylic oxidation sites excluding steroid dienone is 3. The topological polar surface area (TPSA) is 60.7 Å². The van der Waals surface area contributed by atoms with Crippen molar-refractivity contribution in [3.8, 4) is 0 Å². The van der Waals surface area contributed by atoms with Crippen LogP contribution in [0, 0.1) is 45.3 Å². The molecule has 3 N–H and O–H groups in total. The lowest BCUT2D eigenvalue weighted by molar-refractivity contribution is -0.270. The average Bonchev–Trinajstić information content (AvgIpc) is 3.07. The van der Waals surface area contributed by atoms with Gasteiger partial charge in [0.15, 0.2) is 0 Å². The van der Waals surface area contributed by atoms with Crippen LogP contribution in [0.5, 0.6) is 0 Å². The fraction of sp³-hybridized carbons (Fsp3) is 0.867. The number of aliphatic hydroxyl groups is 3. The van der Waals surface area contributed by atoms with Gasteiger partial charge in [-0.3, -0.25) is 0 Å². The number of hydrogen-bond donors (Lipinski definition) is 3. The van der Waals surface area contributed by atoms with Crippen LogP contribution in [0.15, 0.2) is 23.8 Å². The van der Waals surface area contributed by atoms with Crippen molar-refractivity contribution in [1.82, 2.24) is 0 Å². The Hall–Kier alpha value is -0.640. The van der Waals surface area contributed by atoms with Gasteiger partial charge in [-0.25, -0.2) is 0 Å². The van der Waals surface area contributed by atoms with Gasteiger partial charge in [0.05, 0.1) is 18.3 Å². The zero-order chi connectivity index (χ0) is 24.6. The molecule has 4 fully saturated rings. The summed E-state index contributed by atoms with van der Waals surface area (Å²) in [6.45, 7) is 20.4. The van der Waals surface area contributed by atoms with E-state index in [0.29, 0.717) is 11.8 Å². The van der Waals surface area contributed by atoms with Crippen LogP contribution < -0.4 is 0 Å². The number of fused-ring (bicyclic) bond motifs is 5. The molecule has 0 heterocycles. The molecule has 3 nitrogen and oxygen atoms in total. The first-order valence-electron chi connectivity index (χ1n) is 13.6. The Labute approximate surface area is 202 Å². The van der Waals surface area contributed by atoms with E-state index in [1.165, 1.54) is 11.1 Å². The Balaban J connectivity index is 1.68. The van der Waals surface area contributed by atoms with Crippen molar-refractivity contribution < 1.29 is 15.3 Å². The second-order valence-electron chi connectivity index (χ2n) is 14.0. The molecule has 4 aliphatic rings. The first-order valence-corrected chi connectivity index (χ1v) is 13.6. The van der Waals surface area contributed by atoms with E-state index in [2.05, 4.69) is 61.1 Å². The summed E-state index contributed by atoms with van der Waals surface area (Å²) >= 11 is 0. The third kappa shape index (κ3) is 3.54. The molecule has 0 aromatic heterocycles. The molecule has 10 atom stereocenters. The van der Waals surface area contributed by atoms with Crippen molar-refractivity contribution in [3.05, 3.63) is 23.8 Å². The number of hydrogen-bond acceptors (Lipinski definition) is 3.